The Morgan fingerprint density at radius 2 is 1.76 bits per heavy atom. The molecule has 0 bridgehead atoms. The summed E-state index contributed by atoms with van der Waals surface area (Å²) in [5, 5.41) is 0. The number of nitrogens with two attached hydrogens (primary N) is 1. The van der Waals surface area contributed by atoms with Crippen molar-refractivity contribution in [3.05, 3.63) is 70.3 Å². The second-order valence-electron chi connectivity index (χ2n) is 5.94. The summed E-state index contributed by atoms with van der Waals surface area (Å²) in [5.74, 6) is -0.599. The van der Waals surface area contributed by atoms with Crippen molar-refractivity contribution in [1.29, 1.82) is 0 Å². The van der Waals surface area contributed by atoms with Crippen molar-refractivity contribution in [3.63, 3.8) is 0 Å². The molecule has 0 aliphatic carbocycles. The molecule has 0 aromatic heterocycles. The molecule has 0 aliphatic rings. The van der Waals surface area contributed by atoms with Gasteiger partial charge in [-0.15, -0.1) is 0 Å². The third-order valence-corrected chi connectivity index (χ3v) is 3.57. The SMILES string of the molecule is Cc1cc(C(N)c2cccc(CC(C)C)c2)c(F)cc1F. The van der Waals surface area contributed by atoms with Gasteiger partial charge in [0.1, 0.15) is 11.6 Å². The first-order valence-electron chi connectivity index (χ1n) is 7.18. The third-order valence-electron chi connectivity index (χ3n) is 3.57. The van der Waals surface area contributed by atoms with Gasteiger partial charge < -0.3 is 5.73 Å². The molecule has 2 rings (SSSR count). The maximum absolute atomic E-state index is 14.0. The predicted molar refractivity (Wildman–Crippen MR) is 82.1 cm³/mol. The summed E-state index contributed by atoms with van der Waals surface area (Å²) in [6.45, 7) is 5.91. The van der Waals surface area contributed by atoms with E-state index in [4.69, 9.17) is 5.73 Å². The highest BCUT2D eigenvalue weighted by Crippen LogP contribution is 2.25. The molecule has 2 N–H and O–H groups in total. The smallest absolute Gasteiger partial charge is 0.131 e. The van der Waals surface area contributed by atoms with Gasteiger partial charge in [0, 0.05) is 11.6 Å². The minimum Gasteiger partial charge on any atom is -0.320 e. The summed E-state index contributed by atoms with van der Waals surface area (Å²) < 4.78 is 27.3. The molecule has 0 saturated carbocycles. The fourth-order valence-corrected chi connectivity index (χ4v) is 2.48. The van der Waals surface area contributed by atoms with Crippen molar-refractivity contribution >= 4 is 0 Å². The summed E-state index contributed by atoms with van der Waals surface area (Å²) in [4.78, 5) is 0. The van der Waals surface area contributed by atoms with Crippen LogP contribution in [-0.2, 0) is 6.42 Å². The monoisotopic (exact) mass is 289 g/mol. The van der Waals surface area contributed by atoms with E-state index < -0.39 is 17.7 Å². The van der Waals surface area contributed by atoms with E-state index in [0.717, 1.165) is 18.1 Å². The number of hydrogen-bond acceptors (Lipinski definition) is 1. The van der Waals surface area contributed by atoms with E-state index in [9.17, 15) is 8.78 Å². The van der Waals surface area contributed by atoms with Crippen LogP contribution >= 0.6 is 0 Å². The normalized spacial score (nSPS) is 12.7. The van der Waals surface area contributed by atoms with Gasteiger partial charge in [-0.3, -0.25) is 0 Å². The molecule has 0 fully saturated rings. The van der Waals surface area contributed by atoms with Crippen LogP contribution in [0.1, 0.15) is 42.1 Å². The molecule has 0 radical (unpaired) electrons. The lowest BCUT2D eigenvalue weighted by Crippen LogP contribution is -2.14. The Balaban J connectivity index is 2.36. The molecule has 2 aromatic rings. The van der Waals surface area contributed by atoms with Crippen LogP contribution in [0.4, 0.5) is 8.78 Å². The molecular weight excluding hydrogens is 268 g/mol. The van der Waals surface area contributed by atoms with Crippen LogP contribution in [0.2, 0.25) is 0 Å². The summed E-state index contributed by atoms with van der Waals surface area (Å²) in [7, 11) is 0. The minimum absolute atomic E-state index is 0.329. The first-order chi connectivity index (χ1) is 9.88. The minimum atomic E-state index is -0.597. The quantitative estimate of drug-likeness (QED) is 0.880. The standard InChI is InChI=1S/C18H21F2N/c1-11(2)7-13-5-4-6-14(9-13)18(21)15-8-12(3)16(19)10-17(15)20/h4-6,8-11,18H,7,21H2,1-3H3. The van der Waals surface area contributed by atoms with Gasteiger partial charge in [-0.2, -0.15) is 0 Å². The molecule has 112 valence electrons. The van der Waals surface area contributed by atoms with Crippen LogP contribution in [-0.4, -0.2) is 0 Å². The van der Waals surface area contributed by atoms with Gasteiger partial charge in [-0.1, -0.05) is 38.1 Å². The topological polar surface area (TPSA) is 26.0 Å². The Bertz CT molecular complexity index is 635. The summed E-state index contributed by atoms with van der Waals surface area (Å²) in [6, 6.07) is 9.67. The van der Waals surface area contributed by atoms with Crippen molar-refractivity contribution in [2.24, 2.45) is 11.7 Å². The molecule has 2 aromatic carbocycles. The van der Waals surface area contributed by atoms with Crippen LogP contribution in [0.5, 0.6) is 0 Å². The largest absolute Gasteiger partial charge is 0.320 e. The Labute approximate surface area is 124 Å². The van der Waals surface area contributed by atoms with Crippen LogP contribution in [0.3, 0.4) is 0 Å². The highest BCUT2D eigenvalue weighted by molar-refractivity contribution is 5.37. The Morgan fingerprint density at radius 3 is 2.43 bits per heavy atom. The predicted octanol–water partition coefficient (Wildman–Crippen LogP) is 4.52. The zero-order valence-corrected chi connectivity index (χ0v) is 12.7. The number of halogens is 2. The molecule has 0 saturated heterocycles. The van der Waals surface area contributed by atoms with Gasteiger partial charge in [0.05, 0.1) is 6.04 Å². The third kappa shape index (κ3) is 3.67. The summed E-state index contributed by atoms with van der Waals surface area (Å²) in [5.41, 5.74) is 8.93. The summed E-state index contributed by atoms with van der Waals surface area (Å²) >= 11 is 0. The van der Waals surface area contributed by atoms with E-state index >= 15 is 0 Å². The zero-order valence-electron chi connectivity index (χ0n) is 12.7. The van der Waals surface area contributed by atoms with E-state index in [-0.39, 0.29) is 0 Å². The maximum Gasteiger partial charge on any atom is 0.131 e. The van der Waals surface area contributed by atoms with E-state index in [1.807, 2.05) is 24.3 Å². The molecule has 1 unspecified atom stereocenters. The lowest BCUT2D eigenvalue weighted by atomic mass is 9.94. The van der Waals surface area contributed by atoms with Gasteiger partial charge in [0.25, 0.3) is 0 Å². The van der Waals surface area contributed by atoms with Crippen molar-refractivity contribution in [2.75, 3.05) is 0 Å². The molecule has 0 aliphatic heterocycles. The van der Waals surface area contributed by atoms with Crippen molar-refractivity contribution in [2.45, 2.75) is 33.2 Å². The summed E-state index contributed by atoms with van der Waals surface area (Å²) in [6.07, 6.45) is 0.950. The highest BCUT2D eigenvalue weighted by atomic mass is 19.1. The van der Waals surface area contributed by atoms with E-state index in [1.165, 1.54) is 11.6 Å². The molecule has 0 spiro atoms. The first kappa shape index (κ1) is 15.6. The van der Waals surface area contributed by atoms with Gasteiger partial charge in [-0.25, -0.2) is 8.78 Å². The molecular formula is C18H21F2N. The van der Waals surface area contributed by atoms with Crippen LogP contribution in [0, 0.1) is 24.5 Å². The lowest BCUT2D eigenvalue weighted by molar-refractivity contribution is 0.560. The molecule has 0 heterocycles. The van der Waals surface area contributed by atoms with Crippen LogP contribution < -0.4 is 5.73 Å². The Kier molecular flexibility index (Phi) is 4.73. The molecule has 3 heteroatoms. The maximum atomic E-state index is 14.0. The van der Waals surface area contributed by atoms with Crippen molar-refractivity contribution in [1.82, 2.24) is 0 Å². The number of benzene rings is 2. The number of aryl methyl sites for hydroxylation is 1. The molecule has 21 heavy (non-hydrogen) atoms. The average molecular weight is 289 g/mol. The number of rotatable bonds is 4. The second kappa shape index (κ2) is 6.35. The van der Waals surface area contributed by atoms with Gasteiger partial charge in [0.15, 0.2) is 0 Å². The van der Waals surface area contributed by atoms with Gasteiger partial charge in [0.2, 0.25) is 0 Å². The van der Waals surface area contributed by atoms with E-state index in [0.29, 0.717) is 17.0 Å². The number of hydrogen-bond donors (Lipinski definition) is 1. The van der Waals surface area contributed by atoms with Crippen LogP contribution in [0.25, 0.3) is 0 Å². The molecule has 1 nitrogen and oxygen atoms in total. The highest BCUT2D eigenvalue weighted by Gasteiger charge is 2.16. The fourth-order valence-electron chi connectivity index (χ4n) is 2.48. The zero-order chi connectivity index (χ0) is 15.6. The molecule has 0 amide bonds. The van der Waals surface area contributed by atoms with E-state index in [1.54, 1.807) is 6.92 Å². The Hall–Kier alpha value is -1.74. The van der Waals surface area contributed by atoms with Crippen molar-refractivity contribution in [3.8, 4) is 0 Å². The Morgan fingerprint density at radius 1 is 1.05 bits per heavy atom. The molecule has 1 atom stereocenters. The van der Waals surface area contributed by atoms with Gasteiger partial charge >= 0.3 is 0 Å². The van der Waals surface area contributed by atoms with Crippen molar-refractivity contribution < 1.29 is 8.78 Å². The van der Waals surface area contributed by atoms with Gasteiger partial charge in [-0.05, 0) is 42.0 Å². The second-order valence-corrected chi connectivity index (χ2v) is 5.94. The lowest BCUT2D eigenvalue weighted by Gasteiger charge is -2.16. The average Bonchev–Trinajstić information content (AvgIpc) is 2.41. The first-order valence-corrected chi connectivity index (χ1v) is 7.18. The van der Waals surface area contributed by atoms with E-state index in [2.05, 4.69) is 13.8 Å². The van der Waals surface area contributed by atoms with Crippen LogP contribution in [0.15, 0.2) is 36.4 Å². The fraction of sp³-hybridized carbons (Fsp3) is 0.333.